The van der Waals surface area contributed by atoms with E-state index in [1.807, 2.05) is 13.1 Å². The second-order valence-electron chi connectivity index (χ2n) is 6.74. The van der Waals surface area contributed by atoms with Gasteiger partial charge in [-0.3, -0.25) is 9.89 Å². The van der Waals surface area contributed by atoms with Crippen LogP contribution in [0, 0.1) is 0 Å². The van der Waals surface area contributed by atoms with Crippen LogP contribution >= 0.6 is 24.0 Å². The molecule has 5 nitrogen and oxygen atoms in total. The normalized spacial score (nSPS) is 16.0. The Morgan fingerprint density at radius 2 is 1.89 bits per heavy atom. The lowest BCUT2D eigenvalue weighted by atomic mass is 10.1. The lowest BCUT2D eigenvalue weighted by molar-refractivity contribution is 0.215. The van der Waals surface area contributed by atoms with Crippen molar-refractivity contribution in [3.05, 3.63) is 60.1 Å². The molecule has 27 heavy (non-hydrogen) atoms. The van der Waals surface area contributed by atoms with Gasteiger partial charge < -0.3 is 15.1 Å². The van der Waals surface area contributed by atoms with Crippen LogP contribution in [0.25, 0.3) is 0 Å². The predicted octanol–water partition coefficient (Wildman–Crippen LogP) is 3.83. The zero-order valence-electron chi connectivity index (χ0n) is 16.1. The van der Waals surface area contributed by atoms with Gasteiger partial charge in [0.1, 0.15) is 5.76 Å². The van der Waals surface area contributed by atoms with Crippen LogP contribution in [0.2, 0.25) is 0 Å². The van der Waals surface area contributed by atoms with Crippen molar-refractivity contribution in [2.45, 2.75) is 31.7 Å². The van der Waals surface area contributed by atoms with Crippen LogP contribution in [-0.4, -0.2) is 44.1 Å². The van der Waals surface area contributed by atoms with Gasteiger partial charge in [-0.2, -0.15) is 0 Å². The number of aryl methyl sites for hydroxylation is 1. The zero-order valence-corrected chi connectivity index (χ0v) is 18.4. The third-order valence-corrected chi connectivity index (χ3v) is 4.92. The molecule has 0 spiro atoms. The number of hydrogen-bond donors (Lipinski definition) is 2. The van der Waals surface area contributed by atoms with E-state index in [1.165, 1.54) is 18.4 Å². The summed E-state index contributed by atoms with van der Waals surface area (Å²) in [5, 5.41) is 6.89. The van der Waals surface area contributed by atoms with Crippen LogP contribution in [-0.2, 0) is 6.42 Å². The highest BCUT2D eigenvalue weighted by Crippen LogP contribution is 2.24. The van der Waals surface area contributed by atoms with Gasteiger partial charge in [0, 0.05) is 20.1 Å². The van der Waals surface area contributed by atoms with Gasteiger partial charge >= 0.3 is 0 Å². The predicted molar refractivity (Wildman–Crippen MR) is 122 cm³/mol. The van der Waals surface area contributed by atoms with Gasteiger partial charge in [-0.1, -0.05) is 30.3 Å². The van der Waals surface area contributed by atoms with E-state index < -0.39 is 0 Å². The summed E-state index contributed by atoms with van der Waals surface area (Å²) in [7, 11) is 1.82. The Labute approximate surface area is 179 Å². The molecule has 0 aliphatic carbocycles. The van der Waals surface area contributed by atoms with Crippen molar-refractivity contribution in [1.82, 2.24) is 15.5 Å². The molecule has 1 aliphatic rings. The summed E-state index contributed by atoms with van der Waals surface area (Å²) < 4.78 is 5.68. The van der Waals surface area contributed by atoms with E-state index >= 15 is 0 Å². The number of guanidine groups is 1. The number of likely N-dealkylation sites (tertiary alicyclic amines) is 1. The number of benzene rings is 1. The molecular formula is C21H31IN4O. The first kappa shape index (κ1) is 21.8. The van der Waals surface area contributed by atoms with E-state index in [-0.39, 0.29) is 30.0 Å². The van der Waals surface area contributed by atoms with Crippen LogP contribution in [0.4, 0.5) is 0 Å². The van der Waals surface area contributed by atoms with Crippen LogP contribution in [0.1, 0.15) is 36.6 Å². The topological polar surface area (TPSA) is 52.8 Å². The van der Waals surface area contributed by atoms with E-state index in [4.69, 9.17) is 4.42 Å². The summed E-state index contributed by atoms with van der Waals surface area (Å²) in [5.41, 5.74) is 1.38. The Bertz CT molecular complexity index is 654. The number of nitrogens with zero attached hydrogens (tertiary/aromatic N) is 2. The molecular weight excluding hydrogens is 451 g/mol. The van der Waals surface area contributed by atoms with Gasteiger partial charge in [0.05, 0.1) is 12.3 Å². The number of aliphatic imine (C=N–C) groups is 1. The summed E-state index contributed by atoms with van der Waals surface area (Å²) >= 11 is 0. The second-order valence-corrected chi connectivity index (χ2v) is 6.74. The first-order valence-electron chi connectivity index (χ1n) is 9.62. The molecule has 1 aromatic heterocycles. The highest BCUT2D eigenvalue weighted by molar-refractivity contribution is 14.0. The summed E-state index contributed by atoms with van der Waals surface area (Å²) in [5.74, 6) is 1.88. The van der Waals surface area contributed by atoms with E-state index in [9.17, 15) is 0 Å². The van der Waals surface area contributed by atoms with E-state index in [1.54, 1.807) is 6.26 Å². The average molecular weight is 482 g/mol. The molecule has 0 saturated carbocycles. The van der Waals surface area contributed by atoms with Gasteiger partial charge in [0.25, 0.3) is 0 Å². The SMILES string of the molecule is CN=C(NCCCc1ccccc1)NCC(c1ccco1)N1CCCC1.I. The molecule has 1 unspecified atom stereocenters. The second kappa shape index (κ2) is 12.0. The minimum absolute atomic E-state index is 0. The Balaban J connectivity index is 0.00000261. The highest BCUT2D eigenvalue weighted by atomic mass is 127. The molecule has 6 heteroatoms. The maximum Gasteiger partial charge on any atom is 0.191 e. The molecule has 2 heterocycles. The fourth-order valence-corrected chi connectivity index (χ4v) is 3.50. The van der Waals surface area contributed by atoms with E-state index in [0.29, 0.717) is 0 Å². The standard InChI is InChI=1S/C21H30N4O.HI/c1-22-21(23-13-7-11-18-9-3-2-4-10-18)24-17-19(20-12-8-16-26-20)25-14-5-6-15-25;/h2-4,8-10,12,16,19H,5-7,11,13-15,17H2,1H3,(H2,22,23,24);1H. The monoisotopic (exact) mass is 482 g/mol. The molecule has 0 amide bonds. The van der Waals surface area contributed by atoms with E-state index in [2.05, 4.69) is 56.9 Å². The van der Waals surface area contributed by atoms with E-state index in [0.717, 1.165) is 50.7 Å². The smallest absolute Gasteiger partial charge is 0.191 e. The van der Waals surface area contributed by atoms with Crippen molar-refractivity contribution in [3.8, 4) is 0 Å². The Kier molecular flexibility index (Phi) is 9.69. The number of rotatable bonds is 8. The fraction of sp³-hybridized carbons (Fsp3) is 0.476. The largest absolute Gasteiger partial charge is 0.468 e. The summed E-state index contributed by atoms with van der Waals surface area (Å²) in [6.07, 6.45) is 6.45. The fourth-order valence-electron chi connectivity index (χ4n) is 3.50. The molecule has 1 atom stereocenters. The maximum atomic E-state index is 5.68. The first-order chi connectivity index (χ1) is 12.9. The van der Waals surface area contributed by atoms with Crippen molar-refractivity contribution >= 4 is 29.9 Å². The zero-order chi connectivity index (χ0) is 18.0. The molecule has 148 valence electrons. The van der Waals surface area contributed by atoms with Crippen LogP contribution in [0.3, 0.4) is 0 Å². The van der Waals surface area contributed by atoms with Crippen molar-refractivity contribution < 1.29 is 4.42 Å². The average Bonchev–Trinajstić information content (AvgIpc) is 3.39. The third kappa shape index (κ3) is 6.84. The molecule has 1 saturated heterocycles. The van der Waals surface area contributed by atoms with Crippen molar-refractivity contribution in [3.63, 3.8) is 0 Å². The van der Waals surface area contributed by atoms with Gasteiger partial charge in [0.15, 0.2) is 5.96 Å². The quantitative estimate of drug-likeness (QED) is 0.260. The lowest BCUT2D eigenvalue weighted by Crippen LogP contribution is -2.42. The Hall–Kier alpha value is -1.54. The summed E-state index contributed by atoms with van der Waals surface area (Å²) in [6, 6.07) is 14.9. The van der Waals surface area contributed by atoms with Gasteiger partial charge in [0.2, 0.25) is 0 Å². The summed E-state index contributed by atoms with van der Waals surface area (Å²) in [6.45, 7) is 3.97. The van der Waals surface area contributed by atoms with Crippen molar-refractivity contribution in [2.24, 2.45) is 4.99 Å². The minimum Gasteiger partial charge on any atom is -0.468 e. The van der Waals surface area contributed by atoms with Crippen LogP contribution in [0.15, 0.2) is 58.1 Å². The Morgan fingerprint density at radius 3 is 2.56 bits per heavy atom. The maximum absolute atomic E-state index is 5.68. The summed E-state index contributed by atoms with van der Waals surface area (Å²) in [4.78, 5) is 6.85. The minimum atomic E-state index is 0. The molecule has 1 aliphatic heterocycles. The number of halogens is 1. The van der Waals surface area contributed by atoms with Gasteiger partial charge in [-0.05, 0) is 56.5 Å². The molecule has 1 aromatic carbocycles. The Morgan fingerprint density at radius 1 is 1.11 bits per heavy atom. The van der Waals surface area contributed by atoms with Crippen molar-refractivity contribution in [1.29, 1.82) is 0 Å². The van der Waals surface area contributed by atoms with Gasteiger partial charge in [-0.25, -0.2) is 0 Å². The van der Waals surface area contributed by atoms with Crippen LogP contribution in [0.5, 0.6) is 0 Å². The highest BCUT2D eigenvalue weighted by Gasteiger charge is 2.25. The first-order valence-corrected chi connectivity index (χ1v) is 9.62. The molecule has 1 fully saturated rings. The third-order valence-electron chi connectivity index (χ3n) is 4.92. The molecule has 2 N–H and O–H groups in total. The molecule has 3 rings (SSSR count). The number of hydrogen-bond acceptors (Lipinski definition) is 3. The molecule has 2 aromatic rings. The molecule has 0 radical (unpaired) electrons. The lowest BCUT2D eigenvalue weighted by Gasteiger charge is -2.26. The number of furan rings is 1. The van der Waals surface area contributed by atoms with Crippen molar-refractivity contribution in [2.75, 3.05) is 33.2 Å². The van der Waals surface area contributed by atoms with Gasteiger partial charge in [-0.15, -0.1) is 24.0 Å². The molecule has 0 bridgehead atoms. The number of nitrogens with one attached hydrogen (secondary N) is 2. The van der Waals surface area contributed by atoms with Crippen LogP contribution < -0.4 is 10.6 Å².